The fourth-order valence-corrected chi connectivity index (χ4v) is 5.38. The number of aromatic nitrogens is 1. The molecule has 1 saturated carbocycles. The van der Waals surface area contributed by atoms with E-state index < -0.39 is 5.25 Å². The summed E-state index contributed by atoms with van der Waals surface area (Å²) in [7, 11) is 0. The van der Waals surface area contributed by atoms with Gasteiger partial charge in [-0.1, -0.05) is 39.0 Å². The van der Waals surface area contributed by atoms with Gasteiger partial charge in [-0.15, -0.1) is 0 Å². The minimum atomic E-state index is -0.432. The van der Waals surface area contributed by atoms with Crippen molar-refractivity contribution in [3.63, 3.8) is 0 Å². The van der Waals surface area contributed by atoms with Crippen LogP contribution in [0.1, 0.15) is 75.2 Å². The van der Waals surface area contributed by atoms with Gasteiger partial charge in [0, 0.05) is 17.2 Å². The molecule has 0 aromatic carbocycles. The highest BCUT2D eigenvalue weighted by atomic mass is 32.2. The van der Waals surface area contributed by atoms with E-state index >= 15 is 0 Å². The third-order valence-corrected chi connectivity index (χ3v) is 7.02. The first-order valence-corrected chi connectivity index (χ1v) is 10.1. The van der Waals surface area contributed by atoms with E-state index in [1.807, 2.05) is 0 Å². The lowest BCUT2D eigenvalue weighted by atomic mass is 9.69. The molecular weight excluding hydrogens is 334 g/mol. The normalized spacial score (nSPS) is 30.9. The predicted octanol–water partition coefficient (Wildman–Crippen LogP) is 2.65. The Morgan fingerprint density at radius 1 is 1.44 bits per heavy atom. The molecule has 1 amide bonds. The second kappa shape index (κ2) is 6.89. The summed E-state index contributed by atoms with van der Waals surface area (Å²) in [6.07, 6.45) is 4.35. The second-order valence-corrected chi connectivity index (χ2v) is 9.25. The first-order valence-electron chi connectivity index (χ1n) is 9.18. The van der Waals surface area contributed by atoms with Gasteiger partial charge in [-0.3, -0.25) is 4.79 Å². The first-order chi connectivity index (χ1) is 11.7. The Balaban J connectivity index is 1.97. The summed E-state index contributed by atoms with van der Waals surface area (Å²) in [5.74, 6) is -0.0369. The second-order valence-electron chi connectivity index (χ2n) is 8.12. The molecule has 0 spiro atoms. The van der Waals surface area contributed by atoms with Crippen LogP contribution in [0, 0.1) is 5.41 Å². The van der Waals surface area contributed by atoms with Crippen molar-refractivity contribution in [3.8, 4) is 0 Å². The molecule has 1 aliphatic heterocycles. The number of aliphatic hydroxyl groups excluding tert-OH is 1. The summed E-state index contributed by atoms with van der Waals surface area (Å²) < 4.78 is 0. The molecule has 1 aromatic heterocycles. The molecule has 25 heavy (non-hydrogen) atoms. The first kappa shape index (κ1) is 18.7. The van der Waals surface area contributed by atoms with Crippen LogP contribution in [0.4, 0.5) is 0 Å². The van der Waals surface area contributed by atoms with Crippen LogP contribution in [-0.4, -0.2) is 27.4 Å². The Kier molecular flexibility index (Phi) is 5.15. The lowest BCUT2D eigenvalue weighted by Crippen LogP contribution is -2.35. The van der Waals surface area contributed by atoms with Crippen molar-refractivity contribution >= 4 is 17.7 Å². The molecule has 0 radical (unpaired) electrons. The van der Waals surface area contributed by atoms with Crippen LogP contribution in [0.25, 0.3) is 0 Å². The number of nitrogens with zero attached hydrogens (tertiary/aromatic N) is 1. The molecule has 1 aliphatic carbocycles. The lowest BCUT2D eigenvalue weighted by molar-refractivity contribution is -0.117. The molecule has 4 unspecified atom stereocenters. The average molecular weight is 364 g/mol. The maximum Gasteiger partial charge on any atom is 0.232 e. The zero-order valence-corrected chi connectivity index (χ0v) is 16.1. The predicted molar refractivity (Wildman–Crippen MR) is 100 cm³/mol. The number of carbonyl (C=O) groups is 1. The largest absolute Gasteiger partial charge is 0.393 e. The molecular formula is C19H29N3O2S. The van der Waals surface area contributed by atoms with Crippen LogP contribution in [0.15, 0.2) is 11.1 Å². The summed E-state index contributed by atoms with van der Waals surface area (Å²) in [5.41, 5.74) is 15.0. The van der Waals surface area contributed by atoms with E-state index in [1.54, 1.807) is 0 Å². The van der Waals surface area contributed by atoms with Gasteiger partial charge in [-0.05, 0) is 42.7 Å². The molecule has 2 heterocycles. The van der Waals surface area contributed by atoms with E-state index in [4.69, 9.17) is 16.5 Å². The number of aliphatic hydroxyl groups is 1. The van der Waals surface area contributed by atoms with Gasteiger partial charge in [-0.2, -0.15) is 0 Å². The maximum absolute atomic E-state index is 11.7. The minimum absolute atomic E-state index is 0.103. The fourth-order valence-electron chi connectivity index (χ4n) is 4.19. The Bertz CT molecular complexity index is 677. The van der Waals surface area contributed by atoms with E-state index in [1.165, 1.54) is 17.3 Å². The summed E-state index contributed by atoms with van der Waals surface area (Å²) >= 11 is 1.41. The average Bonchev–Trinajstić information content (AvgIpc) is 2.87. The third-order valence-electron chi connectivity index (χ3n) is 5.71. The number of pyridine rings is 1. The van der Waals surface area contributed by atoms with Crippen molar-refractivity contribution in [3.05, 3.63) is 22.9 Å². The van der Waals surface area contributed by atoms with Crippen LogP contribution >= 0.6 is 11.8 Å². The number of primary amides is 1. The maximum atomic E-state index is 11.7. The molecule has 1 aromatic rings. The van der Waals surface area contributed by atoms with E-state index in [9.17, 15) is 9.90 Å². The quantitative estimate of drug-likeness (QED) is 0.763. The van der Waals surface area contributed by atoms with Gasteiger partial charge in [0.15, 0.2) is 0 Å². The number of carbonyl (C=O) groups excluding carboxylic acids is 1. The molecule has 0 saturated heterocycles. The number of hydrogen-bond donors (Lipinski definition) is 3. The van der Waals surface area contributed by atoms with Crippen molar-refractivity contribution in [1.29, 1.82) is 0 Å². The van der Waals surface area contributed by atoms with Gasteiger partial charge in [0.1, 0.15) is 10.3 Å². The topological polar surface area (TPSA) is 102 Å². The molecule has 138 valence electrons. The van der Waals surface area contributed by atoms with Crippen LogP contribution < -0.4 is 11.5 Å². The van der Waals surface area contributed by atoms with Crippen molar-refractivity contribution in [1.82, 2.24) is 4.98 Å². The number of fused-ring (bicyclic) bond motifs is 1. The SMILES string of the molecule is CCCc1cc(C2CCC(O)C(C)(C)C2)nc2c1C(N)C(C(N)=O)S2. The van der Waals surface area contributed by atoms with Gasteiger partial charge in [0.25, 0.3) is 0 Å². The van der Waals surface area contributed by atoms with Gasteiger partial charge >= 0.3 is 0 Å². The van der Waals surface area contributed by atoms with E-state index in [0.29, 0.717) is 5.92 Å². The molecule has 4 atom stereocenters. The van der Waals surface area contributed by atoms with Crippen LogP contribution in [-0.2, 0) is 11.2 Å². The van der Waals surface area contributed by atoms with Crippen LogP contribution in [0.5, 0.6) is 0 Å². The highest BCUT2D eigenvalue weighted by Crippen LogP contribution is 2.47. The molecule has 3 rings (SSSR count). The monoisotopic (exact) mass is 363 g/mol. The fraction of sp³-hybridized carbons (Fsp3) is 0.684. The van der Waals surface area contributed by atoms with Gasteiger partial charge in [-0.25, -0.2) is 4.98 Å². The number of hydrogen-bond acceptors (Lipinski definition) is 5. The van der Waals surface area contributed by atoms with E-state index in [-0.39, 0.29) is 23.5 Å². The van der Waals surface area contributed by atoms with Gasteiger partial charge < -0.3 is 16.6 Å². The minimum Gasteiger partial charge on any atom is -0.393 e. The van der Waals surface area contributed by atoms with Crippen molar-refractivity contribution in [2.75, 3.05) is 0 Å². The van der Waals surface area contributed by atoms with Crippen LogP contribution in [0.3, 0.4) is 0 Å². The van der Waals surface area contributed by atoms with Crippen molar-refractivity contribution < 1.29 is 9.90 Å². The Morgan fingerprint density at radius 2 is 2.16 bits per heavy atom. The summed E-state index contributed by atoms with van der Waals surface area (Å²) in [4.78, 5) is 16.6. The Morgan fingerprint density at radius 3 is 2.76 bits per heavy atom. The number of nitrogens with two attached hydrogens (primary N) is 2. The summed E-state index contributed by atoms with van der Waals surface area (Å²) in [6.45, 7) is 6.39. The summed E-state index contributed by atoms with van der Waals surface area (Å²) in [5, 5.41) is 10.7. The summed E-state index contributed by atoms with van der Waals surface area (Å²) in [6, 6.07) is 1.81. The Hall–Kier alpha value is -1.11. The number of aryl methyl sites for hydroxylation is 1. The van der Waals surface area contributed by atoms with Gasteiger partial charge in [0.2, 0.25) is 5.91 Å². The van der Waals surface area contributed by atoms with E-state index in [2.05, 4.69) is 26.8 Å². The number of rotatable bonds is 4. The Labute approximate surface area is 154 Å². The van der Waals surface area contributed by atoms with E-state index in [0.717, 1.165) is 48.4 Å². The van der Waals surface area contributed by atoms with Crippen LogP contribution in [0.2, 0.25) is 0 Å². The number of amides is 1. The zero-order valence-electron chi connectivity index (χ0n) is 15.3. The van der Waals surface area contributed by atoms with Crippen molar-refractivity contribution in [2.45, 2.75) is 81.2 Å². The van der Waals surface area contributed by atoms with Crippen molar-refractivity contribution in [2.24, 2.45) is 16.9 Å². The molecule has 5 N–H and O–H groups in total. The lowest BCUT2D eigenvalue weighted by Gasteiger charge is -2.39. The smallest absolute Gasteiger partial charge is 0.232 e. The highest BCUT2D eigenvalue weighted by molar-refractivity contribution is 8.01. The third kappa shape index (κ3) is 3.44. The zero-order chi connectivity index (χ0) is 18.4. The highest BCUT2D eigenvalue weighted by Gasteiger charge is 2.40. The standard InChI is InChI=1S/C19H29N3O2S/c1-4-5-10-8-12(11-6-7-13(23)19(2,3)9-11)22-18-14(10)15(20)16(25-18)17(21)24/h8,11,13,15-16,23H,4-7,9,20H2,1-3H3,(H2,21,24). The molecule has 5 nitrogen and oxygen atoms in total. The molecule has 2 aliphatic rings. The van der Waals surface area contributed by atoms with Gasteiger partial charge in [0.05, 0.1) is 12.1 Å². The molecule has 1 fully saturated rings. The number of thioether (sulfide) groups is 1. The molecule has 6 heteroatoms. The molecule has 0 bridgehead atoms.